The summed E-state index contributed by atoms with van der Waals surface area (Å²) in [7, 11) is 0. The van der Waals surface area contributed by atoms with Gasteiger partial charge >= 0.3 is 5.97 Å². The summed E-state index contributed by atoms with van der Waals surface area (Å²) in [5.74, 6) is 0.588. The smallest absolute Gasteiger partial charge is 0.333 e. The Morgan fingerprint density at radius 3 is 2.29 bits per heavy atom. The van der Waals surface area contributed by atoms with E-state index in [0.717, 1.165) is 25.2 Å². The molecule has 2 nitrogen and oxygen atoms in total. The highest BCUT2D eigenvalue weighted by atomic mass is 16.6. The molecule has 0 heterocycles. The molecule has 0 spiro atoms. The van der Waals surface area contributed by atoms with Gasteiger partial charge in [-0.05, 0) is 44.9 Å². The van der Waals surface area contributed by atoms with Crippen molar-refractivity contribution in [2.75, 3.05) is 0 Å². The lowest BCUT2D eigenvalue weighted by Crippen LogP contribution is -2.35. The van der Waals surface area contributed by atoms with Gasteiger partial charge in [-0.3, -0.25) is 0 Å². The minimum atomic E-state index is -0.187. The fourth-order valence-electron chi connectivity index (χ4n) is 3.39. The molecule has 0 aromatic heterocycles. The summed E-state index contributed by atoms with van der Waals surface area (Å²) < 4.78 is 5.83. The van der Waals surface area contributed by atoms with Crippen molar-refractivity contribution in [3.05, 3.63) is 12.2 Å². The molecule has 0 atom stereocenters. The van der Waals surface area contributed by atoms with Crippen molar-refractivity contribution >= 4 is 5.97 Å². The van der Waals surface area contributed by atoms with E-state index < -0.39 is 0 Å². The molecule has 0 aliphatic heterocycles. The highest BCUT2D eigenvalue weighted by molar-refractivity contribution is 5.87. The van der Waals surface area contributed by atoms with Crippen LogP contribution < -0.4 is 0 Å². The van der Waals surface area contributed by atoms with Crippen LogP contribution in [0.15, 0.2) is 12.2 Å². The minimum Gasteiger partial charge on any atom is -0.456 e. The number of hydrogen-bond acceptors (Lipinski definition) is 2. The number of fused-ring (bicyclic) bond motifs is 2. The van der Waals surface area contributed by atoms with Gasteiger partial charge in [-0.25, -0.2) is 4.79 Å². The SMILES string of the molecule is C=C(C)C(=O)OC12CCCCC(CCCC1)C2. The molecular weight excluding hydrogens is 212 g/mol. The third-order valence-electron chi connectivity index (χ3n) is 4.31. The summed E-state index contributed by atoms with van der Waals surface area (Å²) in [4.78, 5) is 11.8. The fourth-order valence-corrected chi connectivity index (χ4v) is 3.39. The molecule has 2 rings (SSSR count). The lowest BCUT2D eigenvalue weighted by atomic mass is 9.87. The highest BCUT2D eigenvalue weighted by Gasteiger charge is 2.39. The molecule has 2 fully saturated rings. The number of esters is 1. The largest absolute Gasteiger partial charge is 0.456 e. The summed E-state index contributed by atoms with van der Waals surface area (Å²) in [6.45, 7) is 5.44. The number of ether oxygens (including phenoxy) is 1. The average Bonchev–Trinajstić information content (AvgIpc) is 2.60. The van der Waals surface area contributed by atoms with Gasteiger partial charge in [0.25, 0.3) is 0 Å². The van der Waals surface area contributed by atoms with E-state index >= 15 is 0 Å². The number of hydrogen-bond donors (Lipinski definition) is 0. The van der Waals surface area contributed by atoms with Crippen molar-refractivity contribution in [2.24, 2.45) is 5.92 Å². The average molecular weight is 236 g/mol. The minimum absolute atomic E-state index is 0.159. The Morgan fingerprint density at radius 1 is 1.18 bits per heavy atom. The van der Waals surface area contributed by atoms with Crippen molar-refractivity contribution in [1.82, 2.24) is 0 Å². The molecule has 0 N–H and O–H groups in total. The van der Waals surface area contributed by atoms with Gasteiger partial charge in [0, 0.05) is 5.57 Å². The van der Waals surface area contributed by atoms with Crippen LogP contribution in [0.4, 0.5) is 0 Å². The van der Waals surface area contributed by atoms with Gasteiger partial charge < -0.3 is 4.74 Å². The summed E-state index contributed by atoms with van der Waals surface area (Å²) in [6, 6.07) is 0. The third kappa shape index (κ3) is 3.11. The Labute approximate surface area is 104 Å². The van der Waals surface area contributed by atoms with Crippen LogP contribution in [-0.2, 0) is 9.53 Å². The van der Waals surface area contributed by atoms with E-state index in [1.807, 2.05) is 0 Å². The highest BCUT2D eigenvalue weighted by Crippen LogP contribution is 2.42. The standard InChI is InChI=1S/C15H24O2/c1-12(2)14(16)17-15-9-5-3-7-13(11-15)8-4-6-10-15/h13H,1,3-11H2,2H3. The first kappa shape index (κ1) is 12.7. The van der Waals surface area contributed by atoms with Gasteiger partial charge in [-0.15, -0.1) is 0 Å². The molecule has 2 saturated carbocycles. The molecule has 17 heavy (non-hydrogen) atoms. The molecule has 2 heteroatoms. The second kappa shape index (κ2) is 5.24. The van der Waals surface area contributed by atoms with Crippen LogP contribution in [0.25, 0.3) is 0 Å². The van der Waals surface area contributed by atoms with Gasteiger partial charge in [-0.2, -0.15) is 0 Å². The molecule has 0 aromatic rings. The van der Waals surface area contributed by atoms with Gasteiger partial charge in [0.1, 0.15) is 5.60 Å². The second-order valence-electron chi connectivity index (χ2n) is 5.91. The first-order valence-electron chi connectivity index (χ1n) is 7.00. The van der Waals surface area contributed by atoms with E-state index in [-0.39, 0.29) is 11.6 Å². The molecule has 0 saturated heterocycles. The predicted molar refractivity (Wildman–Crippen MR) is 68.7 cm³/mol. The second-order valence-corrected chi connectivity index (χ2v) is 5.91. The molecule has 0 unspecified atom stereocenters. The summed E-state index contributed by atoms with van der Waals surface area (Å²) >= 11 is 0. The topological polar surface area (TPSA) is 26.3 Å². The quantitative estimate of drug-likeness (QED) is 0.535. The Bertz CT molecular complexity index is 294. The Hall–Kier alpha value is -0.790. The van der Waals surface area contributed by atoms with Gasteiger partial charge in [0.05, 0.1) is 0 Å². The molecule has 0 amide bonds. The maximum atomic E-state index is 11.8. The Morgan fingerprint density at radius 2 is 1.76 bits per heavy atom. The van der Waals surface area contributed by atoms with E-state index in [1.54, 1.807) is 6.92 Å². The molecule has 0 radical (unpaired) electrons. The van der Waals surface area contributed by atoms with Crippen LogP contribution in [0, 0.1) is 5.92 Å². The normalized spacial score (nSPS) is 33.4. The van der Waals surface area contributed by atoms with E-state index in [2.05, 4.69) is 6.58 Å². The van der Waals surface area contributed by atoms with E-state index in [0.29, 0.717) is 5.57 Å². The first-order valence-corrected chi connectivity index (χ1v) is 7.00. The van der Waals surface area contributed by atoms with Crippen LogP contribution >= 0.6 is 0 Å². The first-order chi connectivity index (χ1) is 8.11. The number of carbonyl (C=O) groups excluding carboxylic acids is 1. The van der Waals surface area contributed by atoms with Crippen molar-refractivity contribution < 1.29 is 9.53 Å². The molecule has 2 aliphatic rings. The zero-order valence-electron chi connectivity index (χ0n) is 11.0. The van der Waals surface area contributed by atoms with Crippen molar-refractivity contribution in [1.29, 1.82) is 0 Å². The monoisotopic (exact) mass is 236 g/mol. The van der Waals surface area contributed by atoms with Crippen LogP contribution in [0.2, 0.25) is 0 Å². The lowest BCUT2D eigenvalue weighted by molar-refractivity contribution is -0.157. The summed E-state index contributed by atoms with van der Waals surface area (Å²) in [5.41, 5.74) is 0.373. The van der Waals surface area contributed by atoms with E-state index in [1.165, 1.54) is 38.5 Å². The van der Waals surface area contributed by atoms with Crippen LogP contribution in [0.3, 0.4) is 0 Å². The zero-order chi connectivity index (χ0) is 12.3. The molecule has 2 aliphatic carbocycles. The van der Waals surface area contributed by atoms with Crippen molar-refractivity contribution in [2.45, 2.75) is 70.3 Å². The molecule has 96 valence electrons. The van der Waals surface area contributed by atoms with Gasteiger partial charge in [0.2, 0.25) is 0 Å². The van der Waals surface area contributed by atoms with Crippen LogP contribution in [0.5, 0.6) is 0 Å². The third-order valence-corrected chi connectivity index (χ3v) is 4.31. The Balaban J connectivity index is 2.12. The fraction of sp³-hybridized carbons (Fsp3) is 0.800. The van der Waals surface area contributed by atoms with Crippen LogP contribution in [-0.4, -0.2) is 11.6 Å². The molecule has 2 bridgehead atoms. The molecule has 0 aromatic carbocycles. The lowest BCUT2D eigenvalue weighted by Gasteiger charge is -2.33. The van der Waals surface area contributed by atoms with Crippen molar-refractivity contribution in [3.63, 3.8) is 0 Å². The van der Waals surface area contributed by atoms with Crippen molar-refractivity contribution in [3.8, 4) is 0 Å². The van der Waals surface area contributed by atoms with Gasteiger partial charge in [0.15, 0.2) is 0 Å². The van der Waals surface area contributed by atoms with Gasteiger partial charge in [-0.1, -0.05) is 32.3 Å². The number of carbonyl (C=O) groups is 1. The maximum absolute atomic E-state index is 11.8. The Kier molecular flexibility index (Phi) is 3.90. The zero-order valence-corrected chi connectivity index (χ0v) is 11.0. The van der Waals surface area contributed by atoms with E-state index in [9.17, 15) is 4.79 Å². The maximum Gasteiger partial charge on any atom is 0.333 e. The summed E-state index contributed by atoms with van der Waals surface area (Å²) in [5, 5.41) is 0. The summed E-state index contributed by atoms with van der Waals surface area (Å²) in [6.07, 6.45) is 10.9. The van der Waals surface area contributed by atoms with Crippen LogP contribution in [0.1, 0.15) is 64.7 Å². The molecular formula is C15H24O2. The predicted octanol–water partition coefficient (Wildman–Crippen LogP) is 4.00. The van der Waals surface area contributed by atoms with E-state index in [4.69, 9.17) is 4.74 Å². The number of rotatable bonds is 2.